The lowest BCUT2D eigenvalue weighted by Crippen LogP contribution is -2.25. The SMILES string of the molecule is N#Cc1ccc(CC(=O)CC2(F)C[C@H]3CC(c4ccnc5ccc(F)cc45)C[C@H]3C2)cn1.N#Cc1ccc(CC(=O)CC2(F)C[C@H]3CC(c4ccnc5ccc(F)cc45)C[C@H]3C2)nc1.O=C(Cc1ccc(Cl)cn1)CC1(F)C[C@H]2CC(c3ccnc4ccc(F)cc34)C[C@H]2C1.O=C(Cc1ccc(Cl)nc1)CC1(F)C[C@H]2CC(c3ccnc4ccc(F)cc34)C[C@H]2C1. The highest BCUT2D eigenvalue weighted by molar-refractivity contribution is 6.30. The Bertz CT molecular complexity index is 5770. The normalized spacial score (nSPS) is 27.1. The molecule has 644 valence electrons. The molecule has 0 bridgehead atoms. The van der Waals surface area contributed by atoms with E-state index >= 15 is 17.6 Å². The summed E-state index contributed by atoms with van der Waals surface area (Å²) >= 11 is 11.6. The number of ketones is 4. The standard InChI is InChI=1S/2C26H23F2N3O.2C25H23ClF2N2O/c27-20-2-4-25-24(9-20)23(5-6-30-25)17-7-18-11-26(28,12-19(18)8-17)13-22(32)10-21-3-1-16(14-29)15-31-21;27-20-2-4-25-24(10-20)23(5-6-30-25)17-8-18-11-26(28,12-19(18)9-17)13-22(32)7-16-1-3-21(14-29)31-15-16;26-24-4-1-15(14-30-24)7-20(31)13-25(28)11-17-8-16(9-18(17)12-25)21-5-6-29-23-3-2-19(27)10-22(21)23;26-18-1-3-20(30-14-18)10-21(31)13-25(28)11-16-7-15(8-17(16)12-25)22-5-6-29-24-4-2-19(27)9-23(22)24/h1-6,9,15,17-19H,7-8,10-13H2;1-6,10,15,17-19H,7-9,11-13H2;1-6,10,14,16-18H,7-9,11-13H2;1-6,9,14-17H,7-8,10-13H2/t2*17?,18-,19+,26?;16?,17-,18+,25?;15?,16-,17+,25?. The van der Waals surface area contributed by atoms with Gasteiger partial charge in [-0.1, -0.05) is 35.3 Å². The van der Waals surface area contributed by atoms with E-state index < -0.39 is 22.7 Å². The molecule has 4 aromatic carbocycles. The molecule has 0 saturated heterocycles. The topological polar surface area (TPSA) is 219 Å². The predicted molar refractivity (Wildman–Crippen MR) is 465 cm³/mol. The van der Waals surface area contributed by atoms with Crippen molar-refractivity contribution in [3.63, 3.8) is 0 Å². The molecule has 8 aromatic heterocycles. The van der Waals surface area contributed by atoms with E-state index in [9.17, 15) is 36.7 Å². The molecule has 20 rings (SSSR count). The summed E-state index contributed by atoms with van der Waals surface area (Å²) in [6.45, 7) is 0. The third-order valence-electron chi connectivity index (χ3n) is 28.2. The first-order valence-corrected chi connectivity index (χ1v) is 44.3. The van der Waals surface area contributed by atoms with Crippen LogP contribution in [0.15, 0.2) is 195 Å². The summed E-state index contributed by atoms with van der Waals surface area (Å²) in [5.74, 6) is 1.50. The van der Waals surface area contributed by atoms with Crippen LogP contribution in [0.1, 0.15) is 208 Å². The maximum absolute atomic E-state index is 15.6. The van der Waals surface area contributed by atoms with Gasteiger partial charge in [-0.2, -0.15) is 10.5 Å². The van der Waals surface area contributed by atoms with E-state index in [4.69, 9.17) is 33.7 Å². The lowest BCUT2D eigenvalue weighted by atomic mass is 9.87. The zero-order valence-electron chi connectivity index (χ0n) is 69.3. The number of pyridine rings is 8. The summed E-state index contributed by atoms with van der Waals surface area (Å²) in [5, 5.41) is 21.9. The Morgan fingerprint density at radius 1 is 0.333 bits per heavy atom. The molecular formula is C102H92Cl2F8N10O4. The Morgan fingerprint density at radius 3 is 0.913 bits per heavy atom. The van der Waals surface area contributed by atoms with Crippen molar-refractivity contribution in [2.75, 3.05) is 0 Å². The fourth-order valence-corrected chi connectivity index (χ4v) is 23.5. The smallest absolute Gasteiger partial charge is 0.142 e. The number of carbonyl (C=O) groups is 4. The summed E-state index contributed by atoms with van der Waals surface area (Å²) in [6, 6.07) is 43.8. The Hall–Kier alpha value is -11.2. The molecule has 12 aromatic rings. The molecule has 14 nitrogen and oxygen atoms in total. The van der Waals surface area contributed by atoms with E-state index in [1.54, 1.807) is 128 Å². The van der Waals surface area contributed by atoms with E-state index in [0.29, 0.717) is 89.8 Å². The van der Waals surface area contributed by atoms with Gasteiger partial charge in [0, 0.05) is 134 Å². The Labute approximate surface area is 734 Å². The highest BCUT2D eigenvalue weighted by atomic mass is 35.5. The number of aromatic nitrogens is 8. The van der Waals surface area contributed by atoms with Gasteiger partial charge in [-0.25, -0.2) is 45.1 Å². The van der Waals surface area contributed by atoms with Gasteiger partial charge in [0.25, 0.3) is 0 Å². The van der Waals surface area contributed by atoms with Crippen LogP contribution in [0.2, 0.25) is 10.2 Å². The van der Waals surface area contributed by atoms with E-state index in [0.717, 1.165) is 123 Å². The third kappa shape index (κ3) is 20.1. The van der Waals surface area contributed by atoms with Crippen molar-refractivity contribution in [2.24, 2.45) is 47.3 Å². The Kier molecular flexibility index (Phi) is 25.3. The highest BCUT2D eigenvalue weighted by Crippen LogP contribution is 2.61. The first-order chi connectivity index (χ1) is 60.6. The zero-order chi connectivity index (χ0) is 87.8. The van der Waals surface area contributed by atoms with Gasteiger partial charge in [0.15, 0.2) is 0 Å². The minimum absolute atomic E-state index is 0.0449. The van der Waals surface area contributed by atoms with Crippen LogP contribution in [-0.4, -0.2) is 85.7 Å². The van der Waals surface area contributed by atoms with Gasteiger partial charge in [-0.05, 0) is 341 Å². The Morgan fingerprint density at radius 2 is 0.643 bits per heavy atom. The molecule has 126 heavy (non-hydrogen) atoms. The molecule has 24 heteroatoms. The van der Waals surface area contributed by atoms with E-state index in [2.05, 4.69) is 39.9 Å². The largest absolute Gasteiger partial charge is 0.299 e. The lowest BCUT2D eigenvalue weighted by Gasteiger charge is -2.22. The van der Waals surface area contributed by atoms with Crippen LogP contribution in [0, 0.1) is 93.3 Å². The fourth-order valence-electron chi connectivity index (χ4n) is 23.3. The van der Waals surface area contributed by atoms with Gasteiger partial charge in [-0.3, -0.25) is 49.1 Å². The molecule has 0 aliphatic heterocycles. The van der Waals surface area contributed by atoms with E-state index in [-0.39, 0.29) is 169 Å². The average molecular weight is 1740 g/mol. The summed E-state index contributed by atoms with van der Waals surface area (Å²) in [7, 11) is 0. The highest BCUT2D eigenvalue weighted by Gasteiger charge is 2.55. The molecule has 8 aliphatic rings. The van der Waals surface area contributed by atoms with Gasteiger partial charge in [0.05, 0.1) is 32.7 Å². The molecule has 0 amide bonds. The van der Waals surface area contributed by atoms with Crippen molar-refractivity contribution in [3.8, 4) is 12.1 Å². The third-order valence-corrected chi connectivity index (χ3v) is 28.6. The molecule has 8 unspecified atom stereocenters. The minimum Gasteiger partial charge on any atom is -0.299 e. The summed E-state index contributed by atoms with van der Waals surface area (Å²) < 4.78 is 118. The maximum atomic E-state index is 15.6. The molecule has 0 N–H and O–H groups in total. The van der Waals surface area contributed by atoms with Crippen LogP contribution in [0.3, 0.4) is 0 Å². The fraction of sp³-hybridized carbons (Fsp3) is 0.392. The summed E-state index contributed by atoms with van der Waals surface area (Å²) in [5.41, 5.74) is 5.14. The van der Waals surface area contributed by atoms with Crippen LogP contribution in [0.25, 0.3) is 43.6 Å². The van der Waals surface area contributed by atoms with Crippen LogP contribution in [0.5, 0.6) is 0 Å². The van der Waals surface area contributed by atoms with Gasteiger partial charge in [0.2, 0.25) is 0 Å². The number of fused-ring (bicyclic) bond motifs is 8. The number of halogens is 10. The first kappa shape index (κ1) is 86.9. The Balaban J connectivity index is 0.000000119. The number of carbonyl (C=O) groups excluding carboxylic acids is 4. The van der Waals surface area contributed by atoms with Gasteiger partial charge < -0.3 is 0 Å². The van der Waals surface area contributed by atoms with E-state index in [1.165, 1.54) is 42.9 Å². The molecule has 0 radical (unpaired) electrons. The van der Waals surface area contributed by atoms with Crippen LogP contribution in [0.4, 0.5) is 35.1 Å². The molecule has 8 fully saturated rings. The minimum atomic E-state index is -1.46. The molecule has 8 aliphatic carbocycles. The number of Topliss-reactive ketones (excluding diaryl/α,β-unsaturated/α-hetero) is 4. The van der Waals surface area contributed by atoms with Crippen LogP contribution in [-0.2, 0) is 44.9 Å². The summed E-state index contributed by atoms with van der Waals surface area (Å²) in [6.07, 6.45) is 23.6. The predicted octanol–water partition coefficient (Wildman–Crippen LogP) is 23.4. The average Bonchev–Trinajstić information content (AvgIpc) is 1.61. The quantitative estimate of drug-likeness (QED) is 0.0512. The number of hydrogen-bond donors (Lipinski definition) is 0. The molecule has 0 spiro atoms. The van der Waals surface area contributed by atoms with Crippen LogP contribution >= 0.6 is 23.2 Å². The van der Waals surface area contributed by atoms with Gasteiger partial charge in [-0.15, -0.1) is 0 Å². The van der Waals surface area contributed by atoms with Crippen molar-refractivity contribution >= 4 is 89.9 Å². The monoisotopic (exact) mass is 1740 g/mol. The number of alkyl halides is 4. The maximum Gasteiger partial charge on any atom is 0.142 e. The van der Waals surface area contributed by atoms with Crippen molar-refractivity contribution in [1.82, 2.24) is 39.9 Å². The number of nitriles is 2. The lowest BCUT2D eigenvalue weighted by molar-refractivity contribution is -0.122. The van der Waals surface area contributed by atoms with Crippen molar-refractivity contribution in [1.29, 1.82) is 10.5 Å². The molecule has 8 heterocycles. The van der Waals surface area contributed by atoms with Crippen molar-refractivity contribution in [2.45, 2.75) is 200 Å². The number of benzene rings is 4. The number of rotatable bonds is 20. The number of nitrogens with zero attached hydrogens (tertiary/aromatic N) is 10. The number of hydrogen-bond acceptors (Lipinski definition) is 14. The molecule has 16 atom stereocenters. The second kappa shape index (κ2) is 36.6. The second-order valence-corrected chi connectivity index (χ2v) is 37.9. The first-order valence-electron chi connectivity index (χ1n) is 43.5. The van der Waals surface area contributed by atoms with Gasteiger partial charge >= 0.3 is 0 Å². The zero-order valence-corrected chi connectivity index (χ0v) is 70.8. The molecular weight excluding hydrogens is 1650 g/mol. The summed E-state index contributed by atoms with van der Waals surface area (Å²) in [4.78, 5) is 83.6. The van der Waals surface area contributed by atoms with Gasteiger partial charge in [0.1, 0.15) is 92.1 Å². The van der Waals surface area contributed by atoms with Crippen molar-refractivity contribution in [3.05, 3.63) is 285 Å². The molecule has 8 saturated carbocycles. The van der Waals surface area contributed by atoms with E-state index in [1.807, 2.05) is 36.4 Å². The second-order valence-electron chi connectivity index (χ2n) is 37.1. The van der Waals surface area contributed by atoms with Crippen molar-refractivity contribution < 1.29 is 54.3 Å². The van der Waals surface area contributed by atoms with Crippen LogP contribution < -0.4 is 0 Å².